The molecule has 0 radical (unpaired) electrons. The average Bonchev–Trinajstić information content (AvgIpc) is 2.90. The number of nitrogens with one attached hydrogen (secondary N) is 1. The number of morpholine rings is 1. The van der Waals surface area contributed by atoms with E-state index in [9.17, 15) is 0 Å². The number of guanidine groups is 1. The number of H-pyrrole nitrogens is 1. The Morgan fingerprint density at radius 3 is 2.86 bits per heavy atom. The minimum atomic E-state index is 0. The molecule has 21 heavy (non-hydrogen) atoms. The number of nitrogens with zero attached hydrogens (tertiary/aromatic N) is 3. The number of rotatable bonds is 3. The number of aliphatic imine (C=N–C) groups is 1. The van der Waals surface area contributed by atoms with E-state index in [0.717, 1.165) is 49.6 Å². The fourth-order valence-corrected chi connectivity index (χ4v) is 2.29. The van der Waals surface area contributed by atoms with E-state index in [4.69, 9.17) is 10.5 Å². The maximum Gasteiger partial charge on any atom is 0.191 e. The van der Waals surface area contributed by atoms with Crippen LogP contribution in [0.15, 0.2) is 29.3 Å². The summed E-state index contributed by atoms with van der Waals surface area (Å²) >= 11 is 0. The summed E-state index contributed by atoms with van der Waals surface area (Å²) in [4.78, 5) is 14.3. The molecule has 1 fully saturated rings. The van der Waals surface area contributed by atoms with Crippen molar-refractivity contribution in [1.29, 1.82) is 0 Å². The third-order valence-corrected chi connectivity index (χ3v) is 3.40. The van der Waals surface area contributed by atoms with E-state index in [2.05, 4.69) is 19.9 Å². The van der Waals surface area contributed by atoms with E-state index in [0.29, 0.717) is 12.5 Å². The Balaban J connectivity index is 0.00000161. The van der Waals surface area contributed by atoms with Crippen LogP contribution in [0.3, 0.4) is 0 Å². The lowest BCUT2D eigenvalue weighted by Crippen LogP contribution is -2.44. The Kier molecular flexibility index (Phi) is 5.80. The molecule has 7 heteroatoms. The summed E-state index contributed by atoms with van der Waals surface area (Å²) in [6, 6.07) is 8.01. The number of benzene rings is 1. The van der Waals surface area contributed by atoms with Crippen LogP contribution in [0.1, 0.15) is 5.82 Å². The van der Waals surface area contributed by atoms with Crippen LogP contribution in [0.5, 0.6) is 0 Å². The summed E-state index contributed by atoms with van der Waals surface area (Å²) in [5.41, 5.74) is 8.03. The van der Waals surface area contributed by atoms with Gasteiger partial charge in [-0.1, -0.05) is 12.1 Å². The fourth-order valence-electron chi connectivity index (χ4n) is 2.29. The van der Waals surface area contributed by atoms with Crippen molar-refractivity contribution in [2.24, 2.45) is 10.7 Å². The molecule has 1 saturated heterocycles. The van der Waals surface area contributed by atoms with Crippen LogP contribution in [-0.2, 0) is 11.2 Å². The zero-order chi connectivity index (χ0) is 13.8. The minimum absolute atomic E-state index is 0. The van der Waals surface area contributed by atoms with Gasteiger partial charge in [-0.05, 0) is 12.1 Å². The van der Waals surface area contributed by atoms with Crippen molar-refractivity contribution in [2.75, 3.05) is 32.8 Å². The number of ether oxygens (including phenoxy) is 1. The summed E-state index contributed by atoms with van der Waals surface area (Å²) in [5, 5.41) is 0. The molecular formula is C14H20IN5O. The Morgan fingerprint density at radius 1 is 1.33 bits per heavy atom. The number of imidazole rings is 1. The number of nitrogens with two attached hydrogens (primary N) is 1. The summed E-state index contributed by atoms with van der Waals surface area (Å²) in [5.74, 6) is 1.55. The van der Waals surface area contributed by atoms with Crippen molar-refractivity contribution < 1.29 is 4.74 Å². The van der Waals surface area contributed by atoms with E-state index < -0.39 is 0 Å². The molecule has 0 aliphatic carbocycles. The summed E-state index contributed by atoms with van der Waals surface area (Å²) in [6.07, 6.45) is 0.764. The van der Waals surface area contributed by atoms with Gasteiger partial charge in [0, 0.05) is 26.1 Å². The Hall–Kier alpha value is -1.35. The van der Waals surface area contributed by atoms with Gasteiger partial charge in [0.1, 0.15) is 5.82 Å². The van der Waals surface area contributed by atoms with E-state index in [1.54, 1.807) is 0 Å². The highest BCUT2D eigenvalue weighted by molar-refractivity contribution is 14.0. The maximum absolute atomic E-state index is 5.98. The second-order valence-electron chi connectivity index (χ2n) is 4.79. The number of hydrogen-bond donors (Lipinski definition) is 2. The molecule has 1 aromatic heterocycles. The first kappa shape index (κ1) is 16.0. The van der Waals surface area contributed by atoms with Gasteiger partial charge in [0.15, 0.2) is 5.96 Å². The molecule has 3 rings (SSSR count). The van der Waals surface area contributed by atoms with Crippen molar-refractivity contribution >= 4 is 41.0 Å². The standard InChI is InChI=1S/C14H19N5O.HI/c15-14(19-7-9-20-10-8-19)16-6-5-13-17-11-3-1-2-4-12(11)18-13;/h1-4H,5-10H2,(H2,15,16)(H,17,18);1H. The van der Waals surface area contributed by atoms with Gasteiger partial charge < -0.3 is 20.4 Å². The predicted molar refractivity (Wildman–Crippen MR) is 94.1 cm³/mol. The zero-order valence-electron chi connectivity index (χ0n) is 11.8. The number of para-hydroxylation sites is 2. The minimum Gasteiger partial charge on any atom is -0.378 e. The van der Waals surface area contributed by atoms with Crippen molar-refractivity contribution in [3.63, 3.8) is 0 Å². The molecule has 2 aromatic rings. The van der Waals surface area contributed by atoms with Crippen LogP contribution in [0.4, 0.5) is 0 Å². The monoisotopic (exact) mass is 401 g/mol. The first-order valence-corrected chi connectivity index (χ1v) is 6.89. The van der Waals surface area contributed by atoms with E-state index in [1.165, 1.54) is 0 Å². The number of hydrogen-bond acceptors (Lipinski definition) is 3. The first-order valence-electron chi connectivity index (χ1n) is 6.89. The van der Waals surface area contributed by atoms with E-state index in [1.807, 2.05) is 24.3 Å². The lowest BCUT2D eigenvalue weighted by molar-refractivity contribution is 0.0674. The Morgan fingerprint density at radius 2 is 2.10 bits per heavy atom. The van der Waals surface area contributed by atoms with Gasteiger partial charge in [-0.2, -0.15) is 0 Å². The number of aromatic nitrogens is 2. The SMILES string of the molecule is I.NC(=NCCc1nc2ccccc2[nH]1)N1CCOCC1. The Bertz CT molecular complexity index is 573. The van der Waals surface area contributed by atoms with Crippen LogP contribution in [-0.4, -0.2) is 53.7 Å². The highest BCUT2D eigenvalue weighted by Crippen LogP contribution is 2.10. The van der Waals surface area contributed by atoms with E-state index in [-0.39, 0.29) is 24.0 Å². The van der Waals surface area contributed by atoms with Gasteiger partial charge in [-0.15, -0.1) is 24.0 Å². The molecule has 0 bridgehead atoms. The van der Waals surface area contributed by atoms with Crippen LogP contribution >= 0.6 is 24.0 Å². The average molecular weight is 401 g/mol. The van der Waals surface area contributed by atoms with Gasteiger partial charge in [-0.3, -0.25) is 4.99 Å². The van der Waals surface area contributed by atoms with Gasteiger partial charge >= 0.3 is 0 Å². The molecule has 1 aliphatic rings. The molecule has 0 atom stereocenters. The quantitative estimate of drug-likeness (QED) is 0.463. The third kappa shape index (κ3) is 4.07. The number of halogens is 1. The molecule has 0 saturated carbocycles. The van der Waals surface area contributed by atoms with Gasteiger partial charge in [0.25, 0.3) is 0 Å². The second kappa shape index (κ2) is 7.60. The molecule has 0 amide bonds. The molecule has 0 spiro atoms. The van der Waals surface area contributed by atoms with Crippen LogP contribution in [0.2, 0.25) is 0 Å². The topological polar surface area (TPSA) is 79.5 Å². The molecule has 1 aliphatic heterocycles. The lowest BCUT2D eigenvalue weighted by atomic mass is 10.3. The summed E-state index contributed by atoms with van der Waals surface area (Å²) < 4.78 is 5.29. The highest BCUT2D eigenvalue weighted by Gasteiger charge is 2.11. The smallest absolute Gasteiger partial charge is 0.191 e. The normalized spacial score (nSPS) is 16.0. The number of fused-ring (bicyclic) bond motifs is 1. The molecule has 3 N–H and O–H groups in total. The summed E-state index contributed by atoms with van der Waals surface area (Å²) in [7, 11) is 0. The third-order valence-electron chi connectivity index (χ3n) is 3.40. The predicted octanol–water partition coefficient (Wildman–Crippen LogP) is 1.37. The summed E-state index contributed by atoms with van der Waals surface area (Å²) in [6.45, 7) is 3.72. The van der Waals surface area contributed by atoms with Crippen LogP contribution < -0.4 is 5.73 Å². The Labute approximate surface area is 140 Å². The number of aromatic amines is 1. The fraction of sp³-hybridized carbons (Fsp3) is 0.429. The van der Waals surface area contributed by atoms with E-state index >= 15 is 0 Å². The van der Waals surface area contributed by atoms with Crippen molar-refractivity contribution in [2.45, 2.75) is 6.42 Å². The molecule has 6 nitrogen and oxygen atoms in total. The highest BCUT2D eigenvalue weighted by atomic mass is 127. The van der Waals surface area contributed by atoms with Crippen LogP contribution in [0, 0.1) is 0 Å². The molecule has 2 heterocycles. The molecule has 114 valence electrons. The van der Waals surface area contributed by atoms with Crippen molar-refractivity contribution in [1.82, 2.24) is 14.9 Å². The second-order valence-corrected chi connectivity index (χ2v) is 4.79. The van der Waals surface area contributed by atoms with Crippen LogP contribution in [0.25, 0.3) is 11.0 Å². The van der Waals surface area contributed by atoms with Gasteiger partial charge in [0.05, 0.1) is 24.2 Å². The first-order chi connectivity index (χ1) is 9.83. The largest absolute Gasteiger partial charge is 0.378 e. The molecular weight excluding hydrogens is 381 g/mol. The zero-order valence-corrected chi connectivity index (χ0v) is 14.1. The van der Waals surface area contributed by atoms with Crippen molar-refractivity contribution in [3.05, 3.63) is 30.1 Å². The maximum atomic E-state index is 5.98. The van der Waals surface area contributed by atoms with Gasteiger partial charge in [-0.25, -0.2) is 4.98 Å². The van der Waals surface area contributed by atoms with Gasteiger partial charge in [0.2, 0.25) is 0 Å². The van der Waals surface area contributed by atoms with Crippen molar-refractivity contribution in [3.8, 4) is 0 Å². The molecule has 0 unspecified atom stereocenters. The molecule has 1 aromatic carbocycles. The lowest BCUT2D eigenvalue weighted by Gasteiger charge is -2.27.